The van der Waals surface area contributed by atoms with Crippen LogP contribution in [0.4, 0.5) is 0 Å². The van der Waals surface area contributed by atoms with E-state index in [1.165, 1.54) is 4.90 Å². The van der Waals surface area contributed by atoms with Gasteiger partial charge in [0.05, 0.1) is 6.04 Å². The number of rotatable bonds is 13. The highest BCUT2D eigenvalue weighted by Crippen LogP contribution is 2.22. The molecule has 1 aliphatic heterocycles. The smallest absolute Gasteiger partial charge is 0.326 e. The highest BCUT2D eigenvalue weighted by atomic mass is 16.4. The van der Waals surface area contributed by atoms with Crippen molar-refractivity contribution < 1.29 is 34.2 Å². The SMILES string of the molecule is CCC(C)C(NC(=O)C(N)Cc1ccccc1)C(=O)N1CCCC1C(=O)NC(CCC(=O)O)C(=O)O. The molecule has 36 heavy (non-hydrogen) atoms. The maximum atomic E-state index is 13.5. The van der Waals surface area contributed by atoms with Gasteiger partial charge in [0.1, 0.15) is 18.1 Å². The minimum atomic E-state index is -1.38. The molecule has 0 bridgehead atoms. The van der Waals surface area contributed by atoms with Gasteiger partial charge in [-0.25, -0.2) is 4.79 Å². The molecule has 1 aromatic carbocycles. The number of nitrogens with two attached hydrogens (primary N) is 1. The van der Waals surface area contributed by atoms with E-state index >= 15 is 0 Å². The molecule has 1 aliphatic rings. The van der Waals surface area contributed by atoms with E-state index in [9.17, 15) is 29.1 Å². The van der Waals surface area contributed by atoms with Crippen molar-refractivity contribution >= 4 is 29.7 Å². The van der Waals surface area contributed by atoms with Gasteiger partial charge in [0, 0.05) is 13.0 Å². The topological polar surface area (TPSA) is 179 Å². The summed E-state index contributed by atoms with van der Waals surface area (Å²) < 4.78 is 0. The Hall–Kier alpha value is -3.47. The molecule has 198 valence electrons. The molecule has 1 heterocycles. The summed E-state index contributed by atoms with van der Waals surface area (Å²) in [5.41, 5.74) is 6.99. The van der Waals surface area contributed by atoms with Gasteiger partial charge >= 0.3 is 11.9 Å². The summed E-state index contributed by atoms with van der Waals surface area (Å²) in [5.74, 6) is -4.33. The lowest BCUT2D eigenvalue weighted by Crippen LogP contribution is -2.58. The number of benzene rings is 1. The molecule has 3 amide bonds. The Labute approximate surface area is 210 Å². The van der Waals surface area contributed by atoms with Crippen molar-refractivity contribution in [3.63, 3.8) is 0 Å². The van der Waals surface area contributed by atoms with Crippen LogP contribution < -0.4 is 16.4 Å². The zero-order valence-corrected chi connectivity index (χ0v) is 20.7. The quantitative estimate of drug-likeness (QED) is 0.258. The van der Waals surface area contributed by atoms with E-state index in [1.807, 2.05) is 44.2 Å². The van der Waals surface area contributed by atoms with E-state index in [4.69, 9.17) is 10.8 Å². The molecular formula is C25H36N4O7. The fourth-order valence-electron chi connectivity index (χ4n) is 4.18. The molecule has 5 unspecified atom stereocenters. The van der Waals surface area contributed by atoms with Crippen LogP contribution in [0.25, 0.3) is 0 Å². The number of aliphatic carboxylic acids is 2. The number of carboxylic acid groups (broad SMARTS) is 2. The van der Waals surface area contributed by atoms with Crippen molar-refractivity contribution in [2.45, 2.75) is 76.5 Å². The van der Waals surface area contributed by atoms with Crippen LogP contribution in [-0.2, 0) is 30.4 Å². The minimum absolute atomic E-state index is 0.239. The Morgan fingerprint density at radius 3 is 2.36 bits per heavy atom. The van der Waals surface area contributed by atoms with Crippen molar-refractivity contribution in [3.05, 3.63) is 35.9 Å². The van der Waals surface area contributed by atoms with E-state index in [0.29, 0.717) is 25.7 Å². The third-order valence-corrected chi connectivity index (χ3v) is 6.51. The van der Waals surface area contributed by atoms with Crippen LogP contribution >= 0.6 is 0 Å². The van der Waals surface area contributed by atoms with E-state index in [1.54, 1.807) is 0 Å². The number of amides is 3. The molecular weight excluding hydrogens is 468 g/mol. The van der Waals surface area contributed by atoms with Crippen LogP contribution in [0.1, 0.15) is 51.5 Å². The van der Waals surface area contributed by atoms with Crippen LogP contribution in [0, 0.1) is 5.92 Å². The van der Waals surface area contributed by atoms with E-state index < -0.39 is 60.2 Å². The van der Waals surface area contributed by atoms with Gasteiger partial charge in [0.15, 0.2) is 0 Å². The molecule has 0 saturated carbocycles. The summed E-state index contributed by atoms with van der Waals surface area (Å²) in [7, 11) is 0. The third kappa shape index (κ3) is 8.04. The van der Waals surface area contributed by atoms with Crippen molar-refractivity contribution in [3.8, 4) is 0 Å². The first-order chi connectivity index (χ1) is 17.0. The molecule has 6 N–H and O–H groups in total. The molecule has 1 aromatic rings. The lowest BCUT2D eigenvalue weighted by Gasteiger charge is -2.32. The first kappa shape index (κ1) is 28.8. The summed E-state index contributed by atoms with van der Waals surface area (Å²) >= 11 is 0. The number of hydrogen-bond donors (Lipinski definition) is 5. The van der Waals surface area contributed by atoms with Crippen LogP contribution in [-0.4, -0.2) is 75.5 Å². The molecule has 2 rings (SSSR count). The van der Waals surface area contributed by atoms with E-state index in [2.05, 4.69) is 10.6 Å². The van der Waals surface area contributed by atoms with E-state index in [-0.39, 0.29) is 18.9 Å². The van der Waals surface area contributed by atoms with Gasteiger partial charge in [0.2, 0.25) is 17.7 Å². The summed E-state index contributed by atoms with van der Waals surface area (Å²) in [6, 6.07) is 5.21. The zero-order chi connectivity index (χ0) is 26.8. The Morgan fingerprint density at radius 1 is 1.11 bits per heavy atom. The van der Waals surface area contributed by atoms with Crippen LogP contribution in [0.15, 0.2) is 30.3 Å². The van der Waals surface area contributed by atoms with Crippen molar-refractivity contribution in [2.24, 2.45) is 11.7 Å². The summed E-state index contributed by atoms with van der Waals surface area (Å²) in [6.07, 6.45) is 1.06. The van der Waals surface area contributed by atoms with Gasteiger partial charge in [-0.1, -0.05) is 50.6 Å². The maximum Gasteiger partial charge on any atom is 0.326 e. The predicted molar refractivity (Wildman–Crippen MR) is 131 cm³/mol. The second kappa shape index (κ2) is 13.6. The lowest BCUT2D eigenvalue weighted by atomic mass is 9.96. The number of carbonyl (C=O) groups excluding carboxylic acids is 3. The number of carbonyl (C=O) groups is 5. The Kier molecular flexibility index (Phi) is 10.8. The molecule has 0 aromatic heterocycles. The summed E-state index contributed by atoms with van der Waals surface area (Å²) in [4.78, 5) is 62.9. The zero-order valence-electron chi connectivity index (χ0n) is 20.7. The highest BCUT2D eigenvalue weighted by Gasteiger charge is 2.40. The molecule has 1 fully saturated rings. The first-order valence-corrected chi connectivity index (χ1v) is 12.2. The molecule has 0 radical (unpaired) electrons. The van der Waals surface area contributed by atoms with Crippen LogP contribution in [0.5, 0.6) is 0 Å². The Morgan fingerprint density at radius 2 is 1.78 bits per heavy atom. The third-order valence-electron chi connectivity index (χ3n) is 6.51. The second-order valence-corrected chi connectivity index (χ2v) is 9.19. The minimum Gasteiger partial charge on any atom is -0.481 e. The number of hydrogen-bond acceptors (Lipinski definition) is 6. The first-order valence-electron chi connectivity index (χ1n) is 12.2. The molecule has 0 aliphatic carbocycles. The summed E-state index contributed by atoms with van der Waals surface area (Å²) in [5, 5.41) is 23.3. The molecule has 11 heteroatoms. The van der Waals surface area contributed by atoms with Gasteiger partial charge in [-0.3, -0.25) is 19.2 Å². The number of carboxylic acids is 2. The second-order valence-electron chi connectivity index (χ2n) is 9.19. The standard InChI is InChI=1S/C25H36N4O7/c1-3-15(2)21(28-22(32)17(26)14-16-8-5-4-6-9-16)24(34)29-13-7-10-19(29)23(33)27-18(25(35)36)11-12-20(30)31/h4-6,8-9,15,17-19,21H,3,7,10-14,26H2,1-2H3,(H,27,33)(H,28,32)(H,30,31)(H,35,36). The Bertz CT molecular complexity index is 940. The average Bonchev–Trinajstić information content (AvgIpc) is 3.34. The van der Waals surface area contributed by atoms with Crippen LogP contribution in [0.3, 0.4) is 0 Å². The van der Waals surface area contributed by atoms with Crippen molar-refractivity contribution in [1.82, 2.24) is 15.5 Å². The average molecular weight is 505 g/mol. The molecule has 5 atom stereocenters. The highest BCUT2D eigenvalue weighted by molar-refractivity contribution is 5.94. The van der Waals surface area contributed by atoms with E-state index in [0.717, 1.165) is 5.56 Å². The number of likely N-dealkylation sites (tertiary alicyclic amines) is 1. The number of nitrogens with zero attached hydrogens (tertiary/aromatic N) is 1. The van der Waals surface area contributed by atoms with Gasteiger partial charge in [-0.05, 0) is 37.2 Å². The fraction of sp³-hybridized carbons (Fsp3) is 0.560. The van der Waals surface area contributed by atoms with Crippen LogP contribution in [0.2, 0.25) is 0 Å². The van der Waals surface area contributed by atoms with Crippen molar-refractivity contribution in [2.75, 3.05) is 6.54 Å². The fourth-order valence-corrected chi connectivity index (χ4v) is 4.18. The monoisotopic (exact) mass is 504 g/mol. The lowest BCUT2D eigenvalue weighted by molar-refractivity contribution is -0.146. The maximum absolute atomic E-state index is 13.5. The van der Waals surface area contributed by atoms with Crippen molar-refractivity contribution in [1.29, 1.82) is 0 Å². The predicted octanol–water partition coefficient (Wildman–Crippen LogP) is 0.513. The van der Waals surface area contributed by atoms with Gasteiger partial charge in [0.25, 0.3) is 0 Å². The Balaban J connectivity index is 2.11. The normalized spacial score (nSPS) is 18.5. The van der Waals surface area contributed by atoms with Gasteiger partial charge in [-0.2, -0.15) is 0 Å². The largest absolute Gasteiger partial charge is 0.481 e. The molecule has 0 spiro atoms. The molecule has 11 nitrogen and oxygen atoms in total. The van der Waals surface area contributed by atoms with Gasteiger partial charge in [-0.15, -0.1) is 0 Å². The van der Waals surface area contributed by atoms with Gasteiger partial charge < -0.3 is 31.5 Å². The number of nitrogens with one attached hydrogen (secondary N) is 2. The summed E-state index contributed by atoms with van der Waals surface area (Å²) in [6.45, 7) is 3.99. The molecule has 1 saturated heterocycles.